The van der Waals surface area contributed by atoms with E-state index < -0.39 is 0 Å². The number of carbonyl (C=O) groups is 2. The number of nitrogens with one attached hydrogen (secondary N) is 3. The molecular weight excluding hydrogens is 306 g/mol. The fourth-order valence-electron chi connectivity index (χ4n) is 2.99. The molecule has 1 aromatic rings. The van der Waals surface area contributed by atoms with Gasteiger partial charge in [0.05, 0.1) is 6.10 Å². The minimum atomic E-state index is -0.222. The molecule has 6 heteroatoms. The van der Waals surface area contributed by atoms with Gasteiger partial charge in [0.2, 0.25) is 5.91 Å². The number of aliphatic hydroxyl groups excluding tert-OH is 1. The molecule has 6 nitrogen and oxygen atoms in total. The predicted molar refractivity (Wildman–Crippen MR) is 91.4 cm³/mol. The Morgan fingerprint density at radius 1 is 1.08 bits per heavy atom. The van der Waals surface area contributed by atoms with Crippen molar-refractivity contribution in [3.63, 3.8) is 0 Å². The number of benzene rings is 1. The van der Waals surface area contributed by atoms with Crippen molar-refractivity contribution in [2.45, 2.75) is 57.2 Å². The SMILES string of the molecule is O=C(NCc1cccc(NC(=O)C2CC2)c1)NC1CCC(O)CC1. The fourth-order valence-corrected chi connectivity index (χ4v) is 2.99. The second kappa shape index (κ2) is 7.66. The Morgan fingerprint density at radius 3 is 2.54 bits per heavy atom. The highest BCUT2D eigenvalue weighted by molar-refractivity contribution is 5.94. The average molecular weight is 331 g/mol. The first-order chi connectivity index (χ1) is 11.6. The van der Waals surface area contributed by atoms with Gasteiger partial charge < -0.3 is 21.1 Å². The van der Waals surface area contributed by atoms with Crippen molar-refractivity contribution in [3.05, 3.63) is 29.8 Å². The van der Waals surface area contributed by atoms with Crippen molar-refractivity contribution in [2.24, 2.45) is 5.92 Å². The molecule has 130 valence electrons. The highest BCUT2D eigenvalue weighted by Crippen LogP contribution is 2.30. The van der Waals surface area contributed by atoms with E-state index in [1.54, 1.807) is 0 Å². The van der Waals surface area contributed by atoms with Crippen LogP contribution in [0.2, 0.25) is 0 Å². The summed E-state index contributed by atoms with van der Waals surface area (Å²) in [6, 6.07) is 7.49. The van der Waals surface area contributed by atoms with E-state index in [0.717, 1.165) is 49.8 Å². The van der Waals surface area contributed by atoms with Crippen LogP contribution in [0.5, 0.6) is 0 Å². The minimum Gasteiger partial charge on any atom is -0.393 e. The van der Waals surface area contributed by atoms with E-state index in [-0.39, 0.29) is 30.0 Å². The summed E-state index contributed by atoms with van der Waals surface area (Å²) in [6.45, 7) is 0.411. The van der Waals surface area contributed by atoms with E-state index in [9.17, 15) is 14.7 Å². The molecule has 2 aliphatic carbocycles. The van der Waals surface area contributed by atoms with Crippen LogP contribution in [-0.2, 0) is 11.3 Å². The van der Waals surface area contributed by atoms with Gasteiger partial charge in [-0.25, -0.2) is 4.79 Å². The van der Waals surface area contributed by atoms with E-state index in [0.29, 0.717) is 6.54 Å². The second-order valence-electron chi connectivity index (χ2n) is 6.80. The predicted octanol–water partition coefficient (Wildman–Crippen LogP) is 2.14. The van der Waals surface area contributed by atoms with Crippen LogP contribution in [0.1, 0.15) is 44.1 Å². The van der Waals surface area contributed by atoms with Gasteiger partial charge in [-0.1, -0.05) is 12.1 Å². The van der Waals surface area contributed by atoms with Crippen molar-refractivity contribution in [1.82, 2.24) is 10.6 Å². The van der Waals surface area contributed by atoms with Crippen molar-refractivity contribution in [3.8, 4) is 0 Å². The number of aliphatic hydroxyl groups is 1. The first-order valence-electron chi connectivity index (χ1n) is 8.72. The van der Waals surface area contributed by atoms with Gasteiger partial charge in [-0.3, -0.25) is 4.79 Å². The zero-order valence-corrected chi connectivity index (χ0v) is 13.8. The maximum atomic E-state index is 12.0. The summed E-state index contributed by atoms with van der Waals surface area (Å²) in [5.74, 6) is 0.254. The summed E-state index contributed by atoms with van der Waals surface area (Å²) in [5.41, 5.74) is 1.71. The van der Waals surface area contributed by atoms with Crippen LogP contribution >= 0.6 is 0 Å². The Labute approximate surface area is 142 Å². The largest absolute Gasteiger partial charge is 0.393 e. The van der Waals surface area contributed by atoms with Gasteiger partial charge in [-0.2, -0.15) is 0 Å². The number of hydrogen-bond acceptors (Lipinski definition) is 3. The molecule has 0 aliphatic heterocycles. The molecule has 0 spiro atoms. The molecule has 0 heterocycles. The van der Waals surface area contributed by atoms with Gasteiger partial charge in [0.1, 0.15) is 0 Å². The molecule has 4 N–H and O–H groups in total. The van der Waals surface area contributed by atoms with Crippen LogP contribution in [0.15, 0.2) is 24.3 Å². The number of anilines is 1. The summed E-state index contributed by atoms with van der Waals surface area (Å²) in [4.78, 5) is 23.8. The fraction of sp³-hybridized carbons (Fsp3) is 0.556. The number of rotatable bonds is 5. The normalized spacial score (nSPS) is 23.4. The van der Waals surface area contributed by atoms with Crippen LogP contribution in [0.3, 0.4) is 0 Å². The van der Waals surface area contributed by atoms with Gasteiger partial charge in [0.25, 0.3) is 0 Å². The lowest BCUT2D eigenvalue weighted by Crippen LogP contribution is -2.43. The molecule has 0 aromatic heterocycles. The summed E-state index contributed by atoms with van der Waals surface area (Å²) >= 11 is 0. The highest BCUT2D eigenvalue weighted by Gasteiger charge is 2.29. The van der Waals surface area contributed by atoms with Gasteiger partial charge in [0.15, 0.2) is 0 Å². The number of hydrogen-bond donors (Lipinski definition) is 4. The van der Waals surface area contributed by atoms with Crippen LogP contribution in [-0.4, -0.2) is 29.2 Å². The van der Waals surface area contributed by atoms with E-state index in [2.05, 4.69) is 16.0 Å². The van der Waals surface area contributed by atoms with E-state index in [1.807, 2.05) is 24.3 Å². The summed E-state index contributed by atoms with van der Waals surface area (Å²) in [5, 5.41) is 18.2. The molecule has 0 bridgehead atoms. The molecule has 3 rings (SSSR count). The molecule has 24 heavy (non-hydrogen) atoms. The summed E-state index contributed by atoms with van der Waals surface area (Å²) in [6.07, 6.45) is 4.85. The molecule has 1 aromatic carbocycles. The monoisotopic (exact) mass is 331 g/mol. The van der Waals surface area contributed by atoms with Crippen LogP contribution in [0, 0.1) is 5.92 Å². The third kappa shape index (κ3) is 4.96. The topological polar surface area (TPSA) is 90.5 Å². The molecule has 0 unspecified atom stereocenters. The molecule has 0 atom stereocenters. The van der Waals surface area contributed by atoms with Crippen molar-refractivity contribution < 1.29 is 14.7 Å². The maximum Gasteiger partial charge on any atom is 0.315 e. The van der Waals surface area contributed by atoms with Crippen LogP contribution in [0.4, 0.5) is 10.5 Å². The first-order valence-corrected chi connectivity index (χ1v) is 8.72. The van der Waals surface area contributed by atoms with E-state index in [4.69, 9.17) is 0 Å². The number of carbonyl (C=O) groups excluding carboxylic acids is 2. The average Bonchev–Trinajstić information content (AvgIpc) is 3.41. The lowest BCUT2D eigenvalue weighted by atomic mass is 9.93. The van der Waals surface area contributed by atoms with Gasteiger partial charge in [0, 0.05) is 24.2 Å². The zero-order chi connectivity index (χ0) is 16.9. The molecule has 3 amide bonds. The Morgan fingerprint density at radius 2 is 1.83 bits per heavy atom. The second-order valence-corrected chi connectivity index (χ2v) is 6.80. The van der Waals surface area contributed by atoms with Gasteiger partial charge >= 0.3 is 6.03 Å². The molecular formula is C18H25N3O3. The van der Waals surface area contributed by atoms with E-state index in [1.165, 1.54) is 0 Å². The number of amides is 3. The Kier molecular flexibility index (Phi) is 5.35. The van der Waals surface area contributed by atoms with Crippen molar-refractivity contribution in [2.75, 3.05) is 5.32 Å². The maximum absolute atomic E-state index is 12.0. The quantitative estimate of drug-likeness (QED) is 0.666. The van der Waals surface area contributed by atoms with Crippen molar-refractivity contribution >= 4 is 17.6 Å². The lowest BCUT2D eigenvalue weighted by molar-refractivity contribution is -0.117. The molecule has 0 saturated heterocycles. The van der Waals surface area contributed by atoms with Gasteiger partial charge in [-0.15, -0.1) is 0 Å². The smallest absolute Gasteiger partial charge is 0.315 e. The van der Waals surface area contributed by atoms with Crippen LogP contribution < -0.4 is 16.0 Å². The number of urea groups is 1. The van der Waals surface area contributed by atoms with Gasteiger partial charge in [-0.05, 0) is 56.2 Å². The Balaban J connectivity index is 1.43. The zero-order valence-electron chi connectivity index (χ0n) is 13.8. The third-order valence-electron chi connectivity index (χ3n) is 4.63. The Bertz CT molecular complexity index is 593. The third-order valence-corrected chi connectivity index (χ3v) is 4.63. The van der Waals surface area contributed by atoms with Crippen LogP contribution in [0.25, 0.3) is 0 Å². The molecule has 2 aliphatic rings. The summed E-state index contributed by atoms with van der Waals surface area (Å²) in [7, 11) is 0. The van der Waals surface area contributed by atoms with Crippen molar-refractivity contribution in [1.29, 1.82) is 0 Å². The minimum absolute atomic E-state index is 0.0809. The van der Waals surface area contributed by atoms with E-state index >= 15 is 0 Å². The standard InChI is InChI=1S/C18H25N3O3/c22-16-8-6-14(7-9-16)21-18(24)19-11-12-2-1-3-15(10-12)20-17(23)13-4-5-13/h1-3,10,13-14,16,22H,4-9,11H2,(H,20,23)(H2,19,21,24). The molecule has 0 radical (unpaired) electrons. The Hall–Kier alpha value is -2.08. The summed E-state index contributed by atoms with van der Waals surface area (Å²) < 4.78 is 0. The molecule has 2 saturated carbocycles. The lowest BCUT2D eigenvalue weighted by Gasteiger charge is -2.26. The first kappa shape index (κ1) is 16.8. The highest BCUT2D eigenvalue weighted by atomic mass is 16.3. The molecule has 2 fully saturated rings.